The highest BCUT2D eigenvalue weighted by atomic mass is 32.3. The van der Waals surface area contributed by atoms with Crippen LogP contribution >= 0.6 is 0 Å². The molecule has 7 N–H and O–H groups in total. The van der Waals surface area contributed by atoms with Gasteiger partial charge in [-0.3, -0.25) is 4.55 Å². The summed E-state index contributed by atoms with van der Waals surface area (Å²) in [4.78, 5) is 0. The lowest BCUT2D eigenvalue weighted by Gasteiger charge is -2.65. The number of fused-ring (bicyclic) bond motifs is 5. The van der Waals surface area contributed by atoms with Gasteiger partial charge in [0, 0.05) is 19.4 Å². The van der Waals surface area contributed by atoms with Crippen LogP contribution < -0.4 is 0 Å². The first-order chi connectivity index (χ1) is 21.8. The van der Waals surface area contributed by atoms with Crippen molar-refractivity contribution >= 4 is 10.4 Å². The maximum Gasteiger partial charge on any atom is 0.397 e. The van der Waals surface area contributed by atoms with E-state index in [0.29, 0.717) is 44.9 Å². The maximum absolute atomic E-state index is 12.6. The predicted molar refractivity (Wildman–Crippen MR) is 168 cm³/mol. The molecule has 1 saturated heterocycles. The van der Waals surface area contributed by atoms with Gasteiger partial charge in [0.1, 0.15) is 18.3 Å². The van der Waals surface area contributed by atoms with Crippen molar-refractivity contribution in [2.45, 2.75) is 147 Å². The number of hydrogen-bond donors (Lipinski definition) is 7. The summed E-state index contributed by atoms with van der Waals surface area (Å²) in [5, 5.41) is 68.4. The molecule has 47 heavy (non-hydrogen) atoms. The van der Waals surface area contributed by atoms with Gasteiger partial charge in [-0.1, -0.05) is 34.6 Å². The number of methoxy groups -OCH3 is 1. The minimum Gasteiger partial charge on any atom is -0.393 e. The molecule has 4 saturated carbocycles. The molecular formula is C33H58O13S. The summed E-state index contributed by atoms with van der Waals surface area (Å²) in [5.74, 6) is -1.33. The van der Waals surface area contributed by atoms with Crippen LogP contribution in [0.25, 0.3) is 0 Å². The second-order valence-electron chi connectivity index (χ2n) is 16.3. The zero-order chi connectivity index (χ0) is 34.9. The Morgan fingerprint density at radius 1 is 0.936 bits per heavy atom. The average molecular weight is 695 g/mol. The van der Waals surface area contributed by atoms with Crippen LogP contribution in [0.2, 0.25) is 0 Å². The van der Waals surface area contributed by atoms with Crippen LogP contribution in [0.1, 0.15) is 86.0 Å². The predicted octanol–water partition coefficient (Wildman–Crippen LogP) is 1.41. The van der Waals surface area contributed by atoms with Crippen molar-refractivity contribution < 1.29 is 62.0 Å². The van der Waals surface area contributed by atoms with Crippen LogP contribution in [0.15, 0.2) is 0 Å². The normalized spacial score (nSPS) is 49.7. The van der Waals surface area contributed by atoms with Crippen LogP contribution in [0.4, 0.5) is 0 Å². The molecule has 1 heterocycles. The Bertz CT molecular complexity index is 1200. The summed E-state index contributed by atoms with van der Waals surface area (Å²) in [5.41, 5.74) is -2.33. The van der Waals surface area contributed by atoms with Crippen LogP contribution in [0.3, 0.4) is 0 Å². The van der Waals surface area contributed by atoms with E-state index in [-0.39, 0.29) is 41.4 Å². The minimum absolute atomic E-state index is 0.00267. The largest absolute Gasteiger partial charge is 0.397 e. The van der Waals surface area contributed by atoms with Gasteiger partial charge in [0.2, 0.25) is 0 Å². The Morgan fingerprint density at radius 2 is 1.60 bits per heavy atom. The third-order valence-corrected chi connectivity index (χ3v) is 13.8. The summed E-state index contributed by atoms with van der Waals surface area (Å²) in [6.45, 7) is 9.61. The van der Waals surface area contributed by atoms with Crippen LogP contribution in [-0.2, 0) is 28.8 Å². The van der Waals surface area contributed by atoms with Gasteiger partial charge in [-0.05, 0) is 85.4 Å². The summed E-state index contributed by atoms with van der Waals surface area (Å²) < 4.78 is 52.9. The molecule has 0 spiro atoms. The second kappa shape index (κ2) is 13.6. The van der Waals surface area contributed by atoms with E-state index >= 15 is 0 Å². The Morgan fingerprint density at radius 3 is 2.21 bits per heavy atom. The van der Waals surface area contributed by atoms with Crippen LogP contribution in [-0.4, -0.2) is 118 Å². The molecule has 0 radical (unpaired) electrons. The Kier molecular flexibility index (Phi) is 10.9. The Labute approximate surface area is 278 Å². The maximum atomic E-state index is 12.6. The molecule has 0 aromatic carbocycles. The van der Waals surface area contributed by atoms with Crippen LogP contribution in [0, 0.1) is 46.3 Å². The van der Waals surface area contributed by atoms with E-state index in [0.717, 1.165) is 0 Å². The van der Waals surface area contributed by atoms with Crippen molar-refractivity contribution in [2.75, 3.05) is 13.7 Å². The second-order valence-corrected chi connectivity index (χ2v) is 17.4. The fraction of sp³-hybridized carbons (Fsp3) is 1.00. The molecule has 0 aromatic rings. The monoisotopic (exact) mass is 694 g/mol. The number of rotatable bonds is 11. The lowest BCUT2D eigenvalue weighted by molar-refractivity contribution is -0.264. The van der Waals surface area contributed by atoms with E-state index in [2.05, 4.69) is 18.0 Å². The molecule has 14 heteroatoms. The summed E-state index contributed by atoms with van der Waals surface area (Å²) >= 11 is 0. The highest BCUT2D eigenvalue weighted by Gasteiger charge is 2.72. The molecule has 13 nitrogen and oxygen atoms in total. The minimum atomic E-state index is -4.72. The van der Waals surface area contributed by atoms with Gasteiger partial charge in [-0.25, -0.2) is 4.18 Å². The number of hydrogen-bond acceptors (Lipinski definition) is 12. The molecule has 0 unspecified atom stereocenters. The number of aliphatic hydroxyl groups is 6. The molecule has 0 bridgehead atoms. The molecule has 1 aliphatic heterocycles. The van der Waals surface area contributed by atoms with Crippen molar-refractivity contribution in [2.24, 2.45) is 46.3 Å². The van der Waals surface area contributed by atoms with Crippen LogP contribution in [0.5, 0.6) is 0 Å². The summed E-state index contributed by atoms with van der Waals surface area (Å²) in [7, 11) is -3.38. The molecule has 17 atom stereocenters. The van der Waals surface area contributed by atoms with Gasteiger partial charge in [-0.15, -0.1) is 0 Å². The average Bonchev–Trinajstić information content (AvgIpc) is 3.38. The Balaban J connectivity index is 1.29. The van der Waals surface area contributed by atoms with Crippen molar-refractivity contribution in [3.05, 3.63) is 0 Å². The van der Waals surface area contributed by atoms with E-state index in [4.69, 9.17) is 18.8 Å². The summed E-state index contributed by atoms with van der Waals surface area (Å²) in [6.07, 6.45) is -3.73. The standard InChI is InChI=1S/C33H58O13S/c1-16(2)21(45-30-27(38)28(43-6)22(46-30)15-44-47(40,41)42)8-7-17(3)24-25(36)26(37)29-32(24,5)12-10-23-31(4)11-9-18(34)13-19(31)20(35)14-33(23,29)39/h16-30,34-39H,7-15H2,1-6H3,(H,40,41,42)/t17-,18+,19-,20+,21+,22-,23-,24+,25-,26-,27-,28+,29-,30-,31+,32-,33+/m1/s1. The smallest absolute Gasteiger partial charge is 0.393 e. The quantitative estimate of drug-likeness (QED) is 0.153. The zero-order valence-corrected chi connectivity index (χ0v) is 29.3. The third kappa shape index (κ3) is 6.69. The van der Waals surface area contributed by atoms with E-state index in [9.17, 15) is 39.1 Å². The van der Waals surface area contributed by atoms with E-state index < -0.39 is 89.1 Å². The lowest BCUT2D eigenvalue weighted by Crippen LogP contribution is -2.68. The van der Waals surface area contributed by atoms with E-state index in [1.54, 1.807) is 0 Å². The van der Waals surface area contributed by atoms with Gasteiger partial charge in [0.25, 0.3) is 0 Å². The number of ether oxygens (including phenoxy) is 3. The SMILES string of the molecule is CO[C@@H]1[C@@H](O)[C@H](O[C@@H](CC[C@@H](C)[C@H]2[C@@H](O)[C@@H](O)[C@@H]3[C@]2(C)CC[C@@H]2[C@@]4(C)CC[C@H](O)C[C@@H]4[C@@H](O)C[C@]23O)C(C)C)O[C@@H]1COS(=O)(=O)O. The van der Waals surface area contributed by atoms with Gasteiger partial charge in [-0.2, -0.15) is 8.42 Å². The topological polar surface area (TPSA) is 213 Å². The molecule has 5 fully saturated rings. The lowest BCUT2D eigenvalue weighted by atomic mass is 9.42. The highest BCUT2D eigenvalue weighted by molar-refractivity contribution is 7.80. The number of aliphatic hydroxyl groups excluding tert-OH is 5. The molecule has 0 amide bonds. The van der Waals surface area contributed by atoms with Gasteiger partial charge in [0.05, 0.1) is 42.7 Å². The molecule has 4 aliphatic carbocycles. The zero-order valence-electron chi connectivity index (χ0n) is 28.5. The van der Waals surface area contributed by atoms with Gasteiger partial charge >= 0.3 is 10.4 Å². The van der Waals surface area contributed by atoms with Crippen molar-refractivity contribution in [3.8, 4) is 0 Å². The van der Waals surface area contributed by atoms with Crippen molar-refractivity contribution in [3.63, 3.8) is 0 Å². The van der Waals surface area contributed by atoms with Gasteiger partial charge in [0.15, 0.2) is 6.29 Å². The first kappa shape index (κ1) is 37.8. The third-order valence-electron chi connectivity index (χ3n) is 13.3. The fourth-order valence-electron chi connectivity index (χ4n) is 11.2. The molecule has 274 valence electrons. The molecule has 5 rings (SSSR count). The molecule has 0 aromatic heterocycles. The van der Waals surface area contributed by atoms with Crippen molar-refractivity contribution in [1.29, 1.82) is 0 Å². The molecular weight excluding hydrogens is 636 g/mol. The van der Waals surface area contributed by atoms with E-state index in [1.165, 1.54) is 7.11 Å². The van der Waals surface area contributed by atoms with Gasteiger partial charge < -0.3 is 44.8 Å². The van der Waals surface area contributed by atoms with E-state index in [1.807, 2.05) is 20.8 Å². The molecule has 5 aliphatic rings. The summed E-state index contributed by atoms with van der Waals surface area (Å²) in [6, 6.07) is 0. The first-order valence-electron chi connectivity index (χ1n) is 17.4. The highest BCUT2D eigenvalue weighted by Crippen LogP contribution is 2.69. The fourth-order valence-corrected chi connectivity index (χ4v) is 11.6. The Hall–Kier alpha value is -0.490. The van der Waals surface area contributed by atoms with Crippen molar-refractivity contribution in [1.82, 2.24) is 0 Å². The first-order valence-corrected chi connectivity index (χ1v) is 18.7.